The fourth-order valence-electron chi connectivity index (χ4n) is 2.28. The fourth-order valence-corrected chi connectivity index (χ4v) is 2.28. The van der Waals surface area contributed by atoms with Crippen LogP contribution in [0.2, 0.25) is 0 Å². The van der Waals surface area contributed by atoms with E-state index >= 15 is 0 Å². The van der Waals surface area contributed by atoms with Crippen LogP contribution in [0.3, 0.4) is 0 Å². The summed E-state index contributed by atoms with van der Waals surface area (Å²) in [7, 11) is 0. The molecule has 1 saturated heterocycles. The summed E-state index contributed by atoms with van der Waals surface area (Å²) in [4.78, 5) is 24.0. The minimum absolute atomic E-state index is 0.180. The standard InChI is InChI=1S/C12H19NO4/c1-12(2,3)17-11(16)13-5-7(6-13)8-4-9(8)10(14)15/h7-9H,4-6H2,1-3H3,(H,14,15). The molecule has 0 bridgehead atoms. The van der Waals surface area contributed by atoms with E-state index in [1.165, 1.54) is 0 Å². The number of carboxylic acids is 1. The van der Waals surface area contributed by atoms with Crippen LogP contribution in [0.5, 0.6) is 0 Å². The third-order valence-electron chi connectivity index (χ3n) is 3.32. The average molecular weight is 241 g/mol. The van der Waals surface area contributed by atoms with Gasteiger partial charge in [0.2, 0.25) is 0 Å². The van der Waals surface area contributed by atoms with Gasteiger partial charge in [-0.2, -0.15) is 0 Å². The maximum Gasteiger partial charge on any atom is 0.410 e. The zero-order valence-corrected chi connectivity index (χ0v) is 10.5. The van der Waals surface area contributed by atoms with Crippen LogP contribution in [-0.2, 0) is 9.53 Å². The van der Waals surface area contributed by atoms with Crippen molar-refractivity contribution in [3.63, 3.8) is 0 Å². The van der Waals surface area contributed by atoms with Gasteiger partial charge in [-0.3, -0.25) is 4.79 Å². The van der Waals surface area contributed by atoms with Crippen LogP contribution in [0.25, 0.3) is 0 Å². The van der Waals surface area contributed by atoms with Crippen molar-refractivity contribution in [1.82, 2.24) is 4.90 Å². The fraction of sp³-hybridized carbons (Fsp3) is 0.833. The molecule has 2 atom stereocenters. The summed E-state index contributed by atoms with van der Waals surface area (Å²) in [6, 6.07) is 0. The Hall–Kier alpha value is -1.26. The van der Waals surface area contributed by atoms with Gasteiger partial charge in [-0.15, -0.1) is 0 Å². The van der Waals surface area contributed by atoms with Gasteiger partial charge < -0.3 is 14.7 Å². The summed E-state index contributed by atoms with van der Waals surface area (Å²) < 4.78 is 5.24. The topological polar surface area (TPSA) is 66.8 Å². The van der Waals surface area contributed by atoms with E-state index in [1.807, 2.05) is 20.8 Å². The molecule has 1 aliphatic carbocycles. The molecule has 17 heavy (non-hydrogen) atoms. The lowest BCUT2D eigenvalue weighted by molar-refractivity contribution is -0.139. The van der Waals surface area contributed by atoms with E-state index in [0.717, 1.165) is 6.42 Å². The second-order valence-corrected chi connectivity index (χ2v) is 5.99. The molecule has 0 aromatic carbocycles. The van der Waals surface area contributed by atoms with Crippen LogP contribution in [0.4, 0.5) is 4.79 Å². The Balaban J connectivity index is 1.73. The quantitative estimate of drug-likeness (QED) is 0.797. The van der Waals surface area contributed by atoms with Crippen molar-refractivity contribution in [1.29, 1.82) is 0 Å². The maximum atomic E-state index is 11.6. The third-order valence-corrected chi connectivity index (χ3v) is 3.32. The summed E-state index contributed by atoms with van der Waals surface area (Å²) in [6.45, 7) is 6.79. The Morgan fingerprint density at radius 3 is 2.29 bits per heavy atom. The molecule has 2 aliphatic rings. The lowest BCUT2D eigenvalue weighted by Gasteiger charge is -2.40. The largest absolute Gasteiger partial charge is 0.481 e. The van der Waals surface area contributed by atoms with Crippen LogP contribution in [0, 0.1) is 17.8 Å². The number of hydrogen-bond acceptors (Lipinski definition) is 3. The van der Waals surface area contributed by atoms with E-state index in [4.69, 9.17) is 9.84 Å². The molecule has 1 aliphatic heterocycles. The zero-order chi connectivity index (χ0) is 12.8. The second kappa shape index (κ2) is 3.89. The molecular weight excluding hydrogens is 222 g/mol. The summed E-state index contributed by atoms with van der Waals surface area (Å²) in [6.07, 6.45) is 0.476. The van der Waals surface area contributed by atoms with E-state index in [1.54, 1.807) is 4.90 Å². The molecule has 1 heterocycles. The number of likely N-dealkylation sites (tertiary alicyclic amines) is 1. The Morgan fingerprint density at radius 2 is 1.88 bits per heavy atom. The van der Waals surface area contributed by atoms with Crippen LogP contribution >= 0.6 is 0 Å². The van der Waals surface area contributed by atoms with E-state index in [9.17, 15) is 9.59 Å². The number of rotatable bonds is 2. The first-order valence-electron chi connectivity index (χ1n) is 5.98. The van der Waals surface area contributed by atoms with Gasteiger partial charge in [-0.1, -0.05) is 0 Å². The highest BCUT2D eigenvalue weighted by molar-refractivity contribution is 5.74. The zero-order valence-electron chi connectivity index (χ0n) is 10.5. The molecule has 2 unspecified atom stereocenters. The summed E-state index contributed by atoms with van der Waals surface area (Å²) >= 11 is 0. The first kappa shape index (κ1) is 12.2. The predicted molar refractivity (Wildman–Crippen MR) is 60.5 cm³/mol. The molecule has 5 heteroatoms. The smallest absolute Gasteiger partial charge is 0.410 e. The molecule has 1 N–H and O–H groups in total. The number of nitrogens with zero attached hydrogens (tertiary/aromatic N) is 1. The lowest BCUT2D eigenvalue weighted by atomic mass is 9.94. The van der Waals surface area contributed by atoms with E-state index in [-0.39, 0.29) is 17.9 Å². The van der Waals surface area contributed by atoms with Gasteiger partial charge in [-0.25, -0.2) is 4.79 Å². The van der Waals surface area contributed by atoms with Crippen molar-refractivity contribution < 1.29 is 19.4 Å². The van der Waals surface area contributed by atoms with Gasteiger partial charge in [0.05, 0.1) is 5.92 Å². The van der Waals surface area contributed by atoms with Gasteiger partial charge in [-0.05, 0) is 39.0 Å². The number of ether oxygens (including phenoxy) is 1. The summed E-state index contributed by atoms with van der Waals surface area (Å²) in [5.74, 6) is -0.263. The molecule has 2 rings (SSSR count). The molecule has 0 radical (unpaired) electrons. The van der Waals surface area contributed by atoms with Crippen molar-refractivity contribution in [2.24, 2.45) is 17.8 Å². The second-order valence-electron chi connectivity index (χ2n) is 5.99. The van der Waals surface area contributed by atoms with Crippen molar-refractivity contribution in [2.75, 3.05) is 13.1 Å². The number of carbonyl (C=O) groups is 2. The van der Waals surface area contributed by atoms with Crippen LogP contribution in [0.1, 0.15) is 27.2 Å². The molecule has 96 valence electrons. The number of aliphatic carboxylic acids is 1. The molecule has 0 aromatic heterocycles. The van der Waals surface area contributed by atoms with Gasteiger partial charge in [0, 0.05) is 13.1 Å². The number of carboxylic acid groups (broad SMARTS) is 1. The summed E-state index contributed by atoms with van der Waals surface area (Å²) in [5, 5.41) is 8.81. The van der Waals surface area contributed by atoms with E-state index < -0.39 is 11.6 Å². The number of carbonyl (C=O) groups excluding carboxylic acids is 1. The Bertz CT molecular complexity index is 341. The van der Waals surface area contributed by atoms with Gasteiger partial charge in [0.25, 0.3) is 0 Å². The number of hydrogen-bond donors (Lipinski definition) is 1. The minimum atomic E-state index is -0.703. The van der Waals surface area contributed by atoms with Crippen molar-refractivity contribution >= 4 is 12.1 Å². The van der Waals surface area contributed by atoms with Crippen molar-refractivity contribution in [3.8, 4) is 0 Å². The molecule has 2 fully saturated rings. The van der Waals surface area contributed by atoms with E-state index in [2.05, 4.69) is 0 Å². The molecule has 5 nitrogen and oxygen atoms in total. The van der Waals surface area contributed by atoms with Crippen LogP contribution in [0.15, 0.2) is 0 Å². The monoisotopic (exact) mass is 241 g/mol. The van der Waals surface area contributed by atoms with Crippen molar-refractivity contribution in [2.45, 2.75) is 32.8 Å². The SMILES string of the molecule is CC(C)(C)OC(=O)N1CC(C2CC2C(=O)O)C1. The molecule has 1 amide bonds. The third kappa shape index (κ3) is 2.70. The molecule has 0 spiro atoms. The highest BCUT2D eigenvalue weighted by Crippen LogP contribution is 2.47. The predicted octanol–water partition coefficient (Wildman–Crippen LogP) is 1.57. The Morgan fingerprint density at radius 1 is 1.29 bits per heavy atom. The van der Waals surface area contributed by atoms with Gasteiger partial charge in [0.1, 0.15) is 5.60 Å². The van der Waals surface area contributed by atoms with Crippen molar-refractivity contribution in [3.05, 3.63) is 0 Å². The number of amides is 1. The minimum Gasteiger partial charge on any atom is -0.481 e. The first-order valence-corrected chi connectivity index (χ1v) is 5.98. The lowest BCUT2D eigenvalue weighted by Crippen LogP contribution is -2.52. The van der Waals surface area contributed by atoms with Gasteiger partial charge in [0.15, 0.2) is 0 Å². The Labute approximate surface area is 101 Å². The Kier molecular flexibility index (Phi) is 2.79. The normalized spacial score (nSPS) is 28.5. The molecule has 1 saturated carbocycles. The maximum absolute atomic E-state index is 11.6. The molecular formula is C12H19NO4. The van der Waals surface area contributed by atoms with E-state index in [0.29, 0.717) is 19.0 Å². The average Bonchev–Trinajstić information content (AvgIpc) is 2.76. The highest BCUT2D eigenvalue weighted by atomic mass is 16.6. The first-order chi connectivity index (χ1) is 7.78. The highest BCUT2D eigenvalue weighted by Gasteiger charge is 2.52. The van der Waals surface area contributed by atoms with Gasteiger partial charge >= 0.3 is 12.1 Å². The van der Waals surface area contributed by atoms with Crippen LogP contribution < -0.4 is 0 Å². The van der Waals surface area contributed by atoms with Crippen LogP contribution in [-0.4, -0.2) is 40.8 Å². The summed E-state index contributed by atoms with van der Waals surface area (Å²) in [5.41, 5.74) is -0.467. The molecule has 0 aromatic rings.